The molecule has 0 bridgehead atoms. The zero-order chi connectivity index (χ0) is 4.28. The maximum atomic E-state index is 9.02. The molecule has 0 heterocycles. The maximum absolute atomic E-state index is 9.02. The molecule has 0 aliphatic carbocycles. The van der Waals surface area contributed by atoms with Crippen molar-refractivity contribution in [2.45, 2.75) is 0 Å². The average molecular weight is 132 g/mol. The van der Waals surface area contributed by atoms with E-state index in [9.17, 15) is 0 Å². The minimum Gasteiger partial charge on any atom is -0.529 e. The molecule has 0 saturated heterocycles. The van der Waals surface area contributed by atoms with Crippen LogP contribution in [0.2, 0.25) is 0 Å². The summed E-state index contributed by atoms with van der Waals surface area (Å²) in [6, 6.07) is 0. The van der Waals surface area contributed by atoms with Gasteiger partial charge in [-0.25, -0.2) is 5.84 Å². The molecule has 0 fully saturated rings. The topological polar surface area (TPSA) is 110 Å². The SMILES string of the molecule is NNC(=O)[O-].O.[K+]. The molecule has 0 atom stereocenters. The molecule has 38 valence electrons. The van der Waals surface area contributed by atoms with E-state index in [0.717, 1.165) is 0 Å². The number of hydrazine groups is 1. The molecule has 0 spiro atoms. The van der Waals surface area contributed by atoms with E-state index in [2.05, 4.69) is 5.84 Å². The molecule has 0 aromatic rings. The third-order valence-corrected chi connectivity index (χ3v) is 0.118. The predicted octanol–water partition coefficient (Wildman–Crippen LogP) is -6.03. The van der Waals surface area contributed by atoms with Gasteiger partial charge in [-0.1, -0.05) is 0 Å². The van der Waals surface area contributed by atoms with Crippen LogP contribution in [-0.4, -0.2) is 11.6 Å². The van der Waals surface area contributed by atoms with Crippen molar-refractivity contribution < 1.29 is 66.8 Å². The number of nitrogens with one attached hydrogen (secondary N) is 1. The van der Waals surface area contributed by atoms with Crippen LogP contribution in [0.4, 0.5) is 4.79 Å². The van der Waals surface area contributed by atoms with Crippen molar-refractivity contribution in [2.24, 2.45) is 5.84 Å². The summed E-state index contributed by atoms with van der Waals surface area (Å²) >= 11 is 0. The van der Waals surface area contributed by atoms with E-state index in [1.807, 2.05) is 0 Å². The van der Waals surface area contributed by atoms with Gasteiger partial charge in [0.1, 0.15) is 6.09 Å². The number of nitrogens with two attached hydrogens (primary N) is 1. The van der Waals surface area contributed by atoms with Crippen LogP contribution in [0.5, 0.6) is 0 Å². The summed E-state index contributed by atoms with van der Waals surface area (Å²) in [4.78, 5) is 9.02. The second-order valence-corrected chi connectivity index (χ2v) is 0.432. The fraction of sp³-hybridized carbons (Fsp3) is 0. The Bertz CT molecular complexity index is 48.2. The Hall–Kier alpha value is 0.826. The van der Waals surface area contributed by atoms with Gasteiger partial charge in [0, 0.05) is 0 Å². The monoisotopic (exact) mass is 132 g/mol. The largest absolute Gasteiger partial charge is 1.00 e. The fourth-order valence-corrected chi connectivity index (χ4v) is 0. The number of carbonyl (C=O) groups is 1. The first-order valence-corrected chi connectivity index (χ1v) is 0.947. The maximum Gasteiger partial charge on any atom is 1.00 e. The van der Waals surface area contributed by atoms with E-state index in [1.54, 1.807) is 0 Å². The van der Waals surface area contributed by atoms with Gasteiger partial charge in [-0.15, -0.1) is 0 Å². The second-order valence-electron chi connectivity index (χ2n) is 0.432. The predicted molar refractivity (Wildman–Crippen MR) is 16.3 cm³/mol. The summed E-state index contributed by atoms with van der Waals surface area (Å²) in [7, 11) is 0. The van der Waals surface area contributed by atoms with Crippen LogP contribution in [0.3, 0.4) is 0 Å². The normalized spacial score (nSPS) is 4.71. The Morgan fingerprint density at radius 3 is 1.86 bits per heavy atom. The number of carbonyl (C=O) groups excluding carboxylic acids is 1. The quantitative estimate of drug-likeness (QED) is 0.148. The Morgan fingerprint density at radius 2 is 1.86 bits per heavy atom. The molecule has 1 amide bonds. The number of rotatable bonds is 0. The molecule has 0 aliphatic heterocycles. The molecule has 0 aliphatic rings. The second kappa shape index (κ2) is 9.95. The number of hydrogen-bond acceptors (Lipinski definition) is 3. The molecule has 0 aromatic heterocycles. The summed E-state index contributed by atoms with van der Waals surface area (Å²) in [6.45, 7) is 0. The number of hydrogen-bond donors (Lipinski definition) is 2. The summed E-state index contributed by atoms with van der Waals surface area (Å²) in [5.74, 6) is 4.26. The summed E-state index contributed by atoms with van der Waals surface area (Å²) in [5.41, 5.74) is 1.33. The van der Waals surface area contributed by atoms with Gasteiger partial charge in [-0.2, -0.15) is 0 Å². The molecule has 0 saturated carbocycles. The summed E-state index contributed by atoms with van der Waals surface area (Å²) in [5, 5.41) is 9.02. The van der Waals surface area contributed by atoms with Crippen molar-refractivity contribution in [3.05, 3.63) is 0 Å². The van der Waals surface area contributed by atoms with Gasteiger partial charge in [0.15, 0.2) is 0 Å². The van der Waals surface area contributed by atoms with Crippen LogP contribution < -0.4 is 67.8 Å². The number of carboxylic acid groups (broad SMARTS) is 1. The first kappa shape index (κ1) is 15.7. The van der Waals surface area contributed by atoms with Crippen molar-refractivity contribution >= 4 is 6.09 Å². The van der Waals surface area contributed by atoms with Gasteiger partial charge >= 0.3 is 51.4 Å². The van der Waals surface area contributed by atoms with Gasteiger partial charge in [-0.05, 0) is 0 Å². The van der Waals surface area contributed by atoms with Crippen molar-refractivity contribution in [1.82, 2.24) is 5.43 Å². The van der Waals surface area contributed by atoms with Gasteiger partial charge in [0.25, 0.3) is 0 Å². The molecule has 0 aromatic carbocycles. The van der Waals surface area contributed by atoms with Gasteiger partial charge in [-0.3, -0.25) is 0 Å². The van der Waals surface area contributed by atoms with Gasteiger partial charge in [0.2, 0.25) is 0 Å². The van der Waals surface area contributed by atoms with Crippen LogP contribution in [-0.2, 0) is 0 Å². The summed E-state index contributed by atoms with van der Waals surface area (Å²) in [6.07, 6.45) is -1.47. The molecule has 0 rings (SSSR count). The van der Waals surface area contributed by atoms with E-state index in [1.165, 1.54) is 5.43 Å². The molecule has 0 unspecified atom stereocenters. The average Bonchev–Trinajstić information content (AvgIpc) is 1.38. The van der Waals surface area contributed by atoms with Crippen molar-refractivity contribution in [1.29, 1.82) is 0 Å². The minimum absolute atomic E-state index is 0. The standard InChI is InChI=1S/CH4N2O2.K.H2O/c2-3-1(4)5;;/h3H,2H2,(H,4,5);;1H2/q;+1;/p-1. The van der Waals surface area contributed by atoms with E-state index in [4.69, 9.17) is 9.90 Å². The van der Waals surface area contributed by atoms with Crippen molar-refractivity contribution in [3.8, 4) is 0 Å². The molecular formula is CH5KN2O3. The third-order valence-electron chi connectivity index (χ3n) is 0.118. The van der Waals surface area contributed by atoms with E-state index in [-0.39, 0.29) is 56.9 Å². The van der Waals surface area contributed by atoms with Crippen molar-refractivity contribution in [3.63, 3.8) is 0 Å². The smallest absolute Gasteiger partial charge is 0.529 e. The zero-order valence-electron chi connectivity index (χ0n) is 3.89. The Balaban J connectivity index is -0.0000000800. The fourth-order valence-electron chi connectivity index (χ4n) is 0. The Kier molecular flexibility index (Phi) is 22.3. The van der Waals surface area contributed by atoms with E-state index in [0.29, 0.717) is 0 Å². The van der Waals surface area contributed by atoms with Crippen LogP contribution in [0.1, 0.15) is 0 Å². The van der Waals surface area contributed by atoms with Gasteiger partial charge < -0.3 is 20.8 Å². The van der Waals surface area contributed by atoms with E-state index < -0.39 is 6.09 Å². The molecule has 5 N–H and O–H groups in total. The van der Waals surface area contributed by atoms with Gasteiger partial charge in [0.05, 0.1) is 0 Å². The zero-order valence-corrected chi connectivity index (χ0v) is 7.02. The van der Waals surface area contributed by atoms with E-state index >= 15 is 0 Å². The Morgan fingerprint density at radius 1 is 1.71 bits per heavy atom. The molecule has 7 heavy (non-hydrogen) atoms. The Labute approximate surface area is 83.0 Å². The van der Waals surface area contributed by atoms with Crippen LogP contribution in [0, 0.1) is 0 Å². The molecule has 0 radical (unpaired) electrons. The summed E-state index contributed by atoms with van der Waals surface area (Å²) < 4.78 is 0. The minimum atomic E-state index is -1.47. The first-order chi connectivity index (χ1) is 2.27. The van der Waals surface area contributed by atoms with Crippen LogP contribution in [0.15, 0.2) is 0 Å². The number of amides is 1. The van der Waals surface area contributed by atoms with Crippen LogP contribution in [0.25, 0.3) is 0 Å². The first-order valence-electron chi connectivity index (χ1n) is 0.947. The third kappa shape index (κ3) is 19.9. The van der Waals surface area contributed by atoms with Crippen LogP contribution >= 0.6 is 0 Å². The van der Waals surface area contributed by atoms with Crippen molar-refractivity contribution in [2.75, 3.05) is 0 Å². The molecule has 6 heteroatoms. The molecule has 5 nitrogen and oxygen atoms in total. The molecular weight excluding hydrogens is 127 g/mol.